The van der Waals surface area contributed by atoms with Crippen molar-refractivity contribution in [1.82, 2.24) is 5.32 Å². The van der Waals surface area contributed by atoms with E-state index in [0.717, 1.165) is 6.42 Å². The lowest BCUT2D eigenvalue weighted by Crippen LogP contribution is -2.16. The predicted molar refractivity (Wildman–Crippen MR) is 124 cm³/mol. The van der Waals surface area contributed by atoms with Crippen LogP contribution in [-0.4, -0.2) is 24.8 Å². The van der Waals surface area contributed by atoms with Gasteiger partial charge in [-0.25, -0.2) is 0 Å². The zero-order chi connectivity index (χ0) is 18.3. The van der Waals surface area contributed by atoms with E-state index in [9.17, 15) is 0 Å². The number of hydrogen-bond donors (Lipinski definition) is 2. The minimum Gasteiger partial charge on any atom is -0.396 e. The highest BCUT2D eigenvalue weighted by molar-refractivity contribution is 8.93. The molecule has 0 aliphatic rings. The molecule has 0 rings (SSSR count). The summed E-state index contributed by atoms with van der Waals surface area (Å²) in [6.45, 7) is 5.09. The molecular weight excluding hydrogens is 386 g/mol. The number of unbranched alkanes of at least 4 members (excludes halogenated alkanes) is 17. The van der Waals surface area contributed by atoms with E-state index in [0.29, 0.717) is 6.61 Å². The molecule has 0 amide bonds. The molecule has 3 heteroatoms. The second-order valence-electron chi connectivity index (χ2n) is 7.84. The summed E-state index contributed by atoms with van der Waals surface area (Å²) in [5, 5.41) is 12.3. The monoisotopic (exact) mass is 435 g/mol. The third kappa shape index (κ3) is 26.6. The van der Waals surface area contributed by atoms with Crippen molar-refractivity contribution in [3.8, 4) is 0 Å². The Bertz CT molecular complexity index is 204. The fraction of sp³-hybridized carbons (Fsp3) is 1.00. The van der Waals surface area contributed by atoms with E-state index < -0.39 is 0 Å². The van der Waals surface area contributed by atoms with Gasteiger partial charge >= 0.3 is 0 Å². The lowest BCUT2D eigenvalue weighted by atomic mass is 10.1. The Hall–Kier alpha value is 0.400. The first-order chi connectivity index (χ1) is 12.4. The van der Waals surface area contributed by atoms with Crippen LogP contribution >= 0.6 is 17.0 Å². The summed E-state index contributed by atoms with van der Waals surface area (Å²) in [5.41, 5.74) is 0. The van der Waals surface area contributed by atoms with Crippen molar-refractivity contribution in [2.24, 2.45) is 0 Å². The average Bonchev–Trinajstić information content (AvgIpc) is 2.63. The van der Waals surface area contributed by atoms with Crippen LogP contribution in [0.1, 0.15) is 129 Å². The molecule has 0 spiro atoms. The summed E-state index contributed by atoms with van der Waals surface area (Å²) in [5.74, 6) is 0. The molecule has 0 radical (unpaired) electrons. The molecular formula is C23H50BrNO. The lowest BCUT2D eigenvalue weighted by Gasteiger charge is -2.05. The summed E-state index contributed by atoms with van der Waals surface area (Å²) in [4.78, 5) is 0. The van der Waals surface area contributed by atoms with E-state index in [1.807, 2.05) is 0 Å². The standard InChI is InChI=1S/C23H49NO.BrH/c1-2-3-4-5-6-7-8-9-12-15-18-21-24-22-19-16-13-10-11-14-17-20-23-25;/h24-25H,2-23H2,1H3;1H. The Kier molecular flexibility index (Phi) is 30.4. The highest BCUT2D eigenvalue weighted by Crippen LogP contribution is 2.11. The van der Waals surface area contributed by atoms with E-state index in [1.165, 1.54) is 129 Å². The first kappa shape index (κ1) is 28.6. The van der Waals surface area contributed by atoms with Gasteiger partial charge in [-0.2, -0.15) is 0 Å². The molecule has 0 atom stereocenters. The molecule has 0 bridgehead atoms. The van der Waals surface area contributed by atoms with Crippen molar-refractivity contribution in [3.63, 3.8) is 0 Å². The van der Waals surface area contributed by atoms with Gasteiger partial charge in [0.2, 0.25) is 0 Å². The number of halogens is 1. The number of rotatable bonds is 22. The van der Waals surface area contributed by atoms with Crippen molar-refractivity contribution >= 4 is 17.0 Å². The summed E-state index contributed by atoms with van der Waals surface area (Å²) >= 11 is 0. The molecule has 0 aliphatic heterocycles. The number of aliphatic hydroxyl groups is 1. The van der Waals surface area contributed by atoms with Crippen LogP contribution in [-0.2, 0) is 0 Å². The smallest absolute Gasteiger partial charge is 0.0431 e. The molecule has 0 aromatic heterocycles. The molecule has 0 saturated heterocycles. The Morgan fingerprint density at radius 1 is 0.462 bits per heavy atom. The quantitative estimate of drug-likeness (QED) is 0.171. The van der Waals surface area contributed by atoms with Gasteiger partial charge in [-0.3, -0.25) is 0 Å². The van der Waals surface area contributed by atoms with Crippen LogP contribution < -0.4 is 5.32 Å². The molecule has 0 unspecified atom stereocenters. The highest BCUT2D eigenvalue weighted by Gasteiger charge is 1.94. The Morgan fingerprint density at radius 2 is 0.769 bits per heavy atom. The fourth-order valence-electron chi connectivity index (χ4n) is 3.46. The highest BCUT2D eigenvalue weighted by atomic mass is 79.9. The fourth-order valence-corrected chi connectivity index (χ4v) is 3.46. The van der Waals surface area contributed by atoms with Crippen molar-refractivity contribution in [2.75, 3.05) is 19.7 Å². The van der Waals surface area contributed by atoms with Crippen LogP contribution in [0.25, 0.3) is 0 Å². The Balaban J connectivity index is 0. The normalized spacial score (nSPS) is 10.8. The van der Waals surface area contributed by atoms with Gasteiger partial charge < -0.3 is 10.4 Å². The predicted octanol–water partition coefficient (Wildman–Crippen LogP) is 7.58. The van der Waals surface area contributed by atoms with Gasteiger partial charge in [0.15, 0.2) is 0 Å². The molecule has 0 aliphatic carbocycles. The summed E-state index contributed by atoms with van der Waals surface area (Å²) in [7, 11) is 0. The molecule has 0 heterocycles. The first-order valence-corrected chi connectivity index (χ1v) is 11.7. The first-order valence-electron chi connectivity index (χ1n) is 11.7. The zero-order valence-corrected chi connectivity index (χ0v) is 19.6. The maximum Gasteiger partial charge on any atom is 0.0431 e. The maximum absolute atomic E-state index is 8.72. The van der Waals surface area contributed by atoms with E-state index in [4.69, 9.17) is 5.11 Å². The van der Waals surface area contributed by atoms with E-state index in [2.05, 4.69) is 12.2 Å². The maximum atomic E-state index is 8.72. The molecule has 160 valence electrons. The van der Waals surface area contributed by atoms with E-state index >= 15 is 0 Å². The number of hydrogen-bond acceptors (Lipinski definition) is 2. The second kappa shape index (κ2) is 27.6. The van der Waals surface area contributed by atoms with Gasteiger partial charge in [0.1, 0.15) is 0 Å². The van der Waals surface area contributed by atoms with Crippen LogP contribution in [0.15, 0.2) is 0 Å². The molecule has 2 nitrogen and oxygen atoms in total. The van der Waals surface area contributed by atoms with Crippen molar-refractivity contribution < 1.29 is 5.11 Å². The minimum absolute atomic E-state index is 0. The largest absolute Gasteiger partial charge is 0.396 e. The average molecular weight is 437 g/mol. The van der Waals surface area contributed by atoms with Crippen LogP contribution in [0.4, 0.5) is 0 Å². The molecule has 0 aromatic carbocycles. The molecule has 0 aromatic rings. The molecule has 0 saturated carbocycles. The third-order valence-electron chi connectivity index (χ3n) is 5.22. The van der Waals surface area contributed by atoms with Crippen LogP contribution in [0.5, 0.6) is 0 Å². The number of aliphatic hydroxyl groups excluding tert-OH is 1. The Morgan fingerprint density at radius 3 is 1.12 bits per heavy atom. The van der Waals surface area contributed by atoms with Crippen molar-refractivity contribution in [2.45, 2.75) is 129 Å². The Labute approximate surface area is 176 Å². The van der Waals surface area contributed by atoms with Gasteiger partial charge in [0.25, 0.3) is 0 Å². The van der Waals surface area contributed by atoms with Gasteiger partial charge in [-0.1, -0.05) is 110 Å². The van der Waals surface area contributed by atoms with Crippen LogP contribution in [0, 0.1) is 0 Å². The van der Waals surface area contributed by atoms with Gasteiger partial charge in [-0.05, 0) is 32.4 Å². The lowest BCUT2D eigenvalue weighted by molar-refractivity contribution is 0.282. The molecule has 26 heavy (non-hydrogen) atoms. The van der Waals surface area contributed by atoms with Crippen LogP contribution in [0.2, 0.25) is 0 Å². The topological polar surface area (TPSA) is 32.3 Å². The molecule has 0 fully saturated rings. The summed E-state index contributed by atoms with van der Waals surface area (Å²) < 4.78 is 0. The second-order valence-corrected chi connectivity index (χ2v) is 7.84. The van der Waals surface area contributed by atoms with E-state index in [-0.39, 0.29) is 17.0 Å². The van der Waals surface area contributed by atoms with Crippen LogP contribution in [0.3, 0.4) is 0 Å². The van der Waals surface area contributed by atoms with Crippen molar-refractivity contribution in [3.05, 3.63) is 0 Å². The van der Waals surface area contributed by atoms with Gasteiger partial charge in [-0.15, -0.1) is 17.0 Å². The zero-order valence-electron chi connectivity index (χ0n) is 17.9. The molecule has 2 N–H and O–H groups in total. The van der Waals surface area contributed by atoms with Gasteiger partial charge in [0.05, 0.1) is 0 Å². The number of nitrogens with one attached hydrogen (secondary N) is 1. The SMILES string of the molecule is Br.CCCCCCCCCCCCCNCCCCCCCCCCO. The summed E-state index contributed by atoms with van der Waals surface area (Å²) in [6, 6.07) is 0. The van der Waals surface area contributed by atoms with Gasteiger partial charge in [0, 0.05) is 6.61 Å². The summed E-state index contributed by atoms with van der Waals surface area (Å²) in [6.07, 6.45) is 26.1. The van der Waals surface area contributed by atoms with Crippen molar-refractivity contribution in [1.29, 1.82) is 0 Å². The third-order valence-corrected chi connectivity index (χ3v) is 5.22. The van der Waals surface area contributed by atoms with E-state index in [1.54, 1.807) is 0 Å². The minimum atomic E-state index is 0.